The second-order valence-corrected chi connectivity index (χ2v) is 5.08. The lowest BCUT2D eigenvalue weighted by atomic mass is 10.00. The molecule has 1 aromatic carbocycles. The molecule has 0 radical (unpaired) electrons. The number of carbonyl (C=O) groups is 1. The Morgan fingerprint density at radius 3 is 2.65 bits per heavy atom. The molecule has 0 aromatic heterocycles. The Morgan fingerprint density at radius 2 is 2.12 bits per heavy atom. The maximum Gasteiger partial charge on any atom is 0.310 e. The Kier molecular flexibility index (Phi) is 3.69. The summed E-state index contributed by atoms with van der Waals surface area (Å²) >= 11 is 1.81. The minimum Gasteiger partial charge on any atom is -0.481 e. The van der Waals surface area contributed by atoms with Crippen molar-refractivity contribution in [3.05, 3.63) is 52.4 Å². The molecule has 1 N–H and O–H groups in total. The van der Waals surface area contributed by atoms with Crippen LogP contribution in [0.15, 0.2) is 41.3 Å². The third kappa shape index (κ3) is 3.01. The number of aliphatic carboxylic acids is 1. The van der Waals surface area contributed by atoms with Gasteiger partial charge in [-0.05, 0) is 24.1 Å². The van der Waals surface area contributed by atoms with Crippen molar-refractivity contribution >= 4 is 23.8 Å². The van der Waals surface area contributed by atoms with Gasteiger partial charge in [-0.3, -0.25) is 4.79 Å². The lowest BCUT2D eigenvalue weighted by molar-refractivity contribution is -0.138. The summed E-state index contributed by atoms with van der Waals surface area (Å²) < 4.78 is 0. The van der Waals surface area contributed by atoms with Gasteiger partial charge in [0.05, 0.1) is 5.92 Å². The van der Waals surface area contributed by atoms with Crippen molar-refractivity contribution in [2.75, 3.05) is 5.75 Å². The lowest BCUT2D eigenvalue weighted by Crippen LogP contribution is -2.06. The molecule has 1 heterocycles. The number of rotatable bonds is 3. The quantitative estimate of drug-likeness (QED) is 0.886. The normalized spacial score (nSPS) is 18.5. The second-order valence-electron chi connectivity index (χ2n) is 3.99. The highest BCUT2D eigenvalue weighted by molar-refractivity contribution is 8.03. The summed E-state index contributed by atoms with van der Waals surface area (Å²) in [5, 5.41) is 8.91. The summed E-state index contributed by atoms with van der Waals surface area (Å²) in [5.74, 6) is -0.192. The smallest absolute Gasteiger partial charge is 0.310 e. The summed E-state index contributed by atoms with van der Waals surface area (Å²) in [6.45, 7) is 1.70. The van der Waals surface area contributed by atoms with E-state index in [0.717, 1.165) is 16.9 Å². The zero-order chi connectivity index (χ0) is 12.3. The number of hydrogen-bond acceptors (Lipinski definition) is 2. The van der Waals surface area contributed by atoms with Crippen LogP contribution in [-0.4, -0.2) is 16.8 Å². The fourth-order valence-electron chi connectivity index (χ4n) is 1.63. The molecular formula is C14H14O2S. The van der Waals surface area contributed by atoms with E-state index in [1.54, 1.807) is 6.92 Å². The van der Waals surface area contributed by atoms with Crippen molar-refractivity contribution in [3.63, 3.8) is 0 Å². The average Bonchev–Trinajstić information content (AvgIpc) is 2.82. The molecule has 0 saturated carbocycles. The Morgan fingerprint density at radius 1 is 1.41 bits per heavy atom. The molecule has 2 nitrogen and oxygen atoms in total. The molecule has 1 aliphatic rings. The van der Waals surface area contributed by atoms with Gasteiger partial charge in [0.1, 0.15) is 0 Å². The zero-order valence-electron chi connectivity index (χ0n) is 9.59. The first-order chi connectivity index (χ1) is 8.16. The zero-order valence-corrected chi connectivity index (χ0v) is 10.4. The molecule has 2 rings (SSSR count). The van der Waals surface area contributed by atoms with Crippen molar-refractivity contribution in [1.82, 2.24) is 0 Å². The van der Waals surface area contributed by atoms with Gasteiger partial charge in [-0.2, -0.15) is 0 Å². The minimum atomic E-state index is -0.787. The van der Waals surface area contributed by atoms with Gasteiger partial charge in [0.15, 0.2) is 0 Å². The summed E-state index contributed by atoms with van der Waals surface area (Å²) in [6, 6.07) is 7.70. The SMILES string of the molecule is C[C@H](C(=O)O)c1ccc(/C=C2/C=CCS2)cc1. The largest absolute Gasteiger partial charge is 0.481 e. The predicted octanol–water partition coefficient (Wildman–Crippen LogP) is 3.52. The third-order valence-corrected chi connectivity index (χ3v) is 3.69. The topological polar surface area (TPSA) is 37.3 Å². The fraction of sp³-hybridized carbons (Fsp3) is 0.214. The molecule has 0 fully saturated rings. The van der Waals surface area contributed by atoms with E-state index in [1.807, 2.05) is 36.0 Å². The molecule has 1 atom stereocenters. The van der Waals surface area contributed by atoms with Crippen LogP contribution >= 0.6 is 11.8 Å². The molecular weight excluding hydrogens is 232 g/mol. The summed E-state index contributed by atoms with van der Waals surface area (Å²) in [5.41, 5.74) is 1.95. The molecule has 3 heteroatoms. The molecule has 0 bridgehead atoms. The van der Waals surface area contributed by atoms with Crippen LogP contribution in [-0.2, 0) is 4.79 Å². The van der Waals surface area contributed by atoms with E-state index in [0.29, 0.717) is 0 Å². The van der Waals surface area contributed by atoms with Crippen molar-refractivity contribution in [1.29, 1.82) is 0 Å². The molecule has 0 saturated heterocycles. The molecule has 1 aromatic rings. The van der Waals surface area contributed by atoms with E-state index < -0.39 is 11.9 Å². The first-order valence-electron chi connectivity index (χ1n) is 5.50. The molecule has 0 unspecified atom stereocenters. The first kappa shape index (κ1) is 12.0. The summed E-state index contributed by atoms with van der Waals surface area (Å²) in [6.07, 6.45) is 6.36. The van der Waals surface area contributed by atoms with Gasteiger partial charge in [-0.25, -0.2) is 0 Å². The van der Waals surface area contributed by atoms with Gasteiger partial charge in [0.2, 0.25) is 0 Å². The van der Waals surface area contributed by atoms with Gasteiger partial charge in [0.25, 0.3) is 0 Å². The highest BCUT2D eigenvalue weighted by Gasteiger charge is 2.12. The van der Waals surface area contributed by atoms with Gasteiger partial charge in [0, 0.05) is 10.7 Å². The molecule has 0 amide bonds. The van der Waals surface area contributed by atoms with Crippen LogP contribution in [0.25, 0.3) is 6.08 Å². The van der Waals surface area contributed by atoms with Gasteiger partial charge in [-0.1, -0.05) is 36.4 Å². The van der Waals surface area contributed by atoms with E-state index in [-0.39, 0.29) is 0 Å². The minimum absolute atomic E-state index is 0.447. The van der Waals surface area contributed by atoms with Crippen LogP contribution in [0.5, 0.6) is 0 Å². The molecule has 0 aliphatic carbocycles. The van der Waals surface area contributed by atoms with Crippen molar-refractivity contribution in [2.45, 2.75) is 12.8 Å². The Bertz CT molecular complexity index is 472. The number of thioether (sulfide) groups is 1. The standard InChI is InChI=1S/C14H14O2S/c1-10(14(15)16)12-6-4-11(5-7-12)9-13-3-2-8-17-13/h2-7,9-10H,8H2,1H3,(H,15,16)/b13-9-/t10-/m0/s1. The predicted molar refractivity (Wildman–Crippen MR) is 72.1 cm³/mol. The fourth-order valence-corrected chi connectivity index (χ4v) is 2.43. The number of benzene rings is 1. The maximum absolute atomic E-state index is 10.8. The van der Waals surface area contributed by atoms with E-state index in [1.165, 1.54) is 4.91 Å². The number of carboxylic acids is 1. The highest BCUT2D eigenvalue weighted by atomic mass is 32.2. The average molecular weight is 246 g/mol. The Hall–Kier alpha value is -1.48. The molecule has 0 spiro atoms. The molecule has 17 heavy (non-hydrogen) atoms. The van der Waals surface area contributed by atoms with E-state index in [2.05, 4.69) is 18.2 Å². The first-order valence-corrected chi connectivity index (χ1v) is 6.49. The number of allylic oxidation sites excluding steroid dienone is 1. The van der Waals surface area contributed by atoms with E-state index in [9.17, 15) is 4.79 Å². The third-order valence-electron chi connectivity index (χ3n) is 2.74. The molecule has 1 aliphatic heterocycles. The maximum atomic E-state index is 10.8. The van der Waals surface area contributed by atoms with Crippen molar-refractivity contribution in [2.24, 2.45) is 0 Å². The van der Waals surface area contributed by atoms with Crippen LogP contribution in [0.3, 0.4) is 0 Å². The number of hydrogen-bond donors (Lipinski definition) is 1. The Balaban J connectivity index is 2.15. The van der Waals surface area contributed by atoms with Gasteiger partial charge in [-0.15, -0.1) is 11.8 Å². The van der Waals surface area contributed by atoms with Gasteiger partial charge >= 0.3 is 5.97 Å². The summed E-state index contributed by atoms with van der Waals surface area (Å²) in [7, 11) is 0. The van der Waals surface area contributed by atoms with Gasteiger partial charge < -0.3 is 5.11 Å². The monoisotopic (exact) mass is 246 g/mol. The van der Waals surface area contributed by atoms with Crippen LogP contribution in [0.2, 0.25) is 0 Å². The second kappa shape index (κ2) is 5.23. The van der Waals surface area contributed by atoms with E-state index >= 15 is 0 Å². The summed E-state index contributed by atoms with van der Waals surface area (Å²) in [4.78, 5) is 12.1. The molecule has 88 valence electrons. The van der Waals surface area contributed by atoms with E-state index in [4.69, 9.17) is 5.11 Å². The van der Waals surface area contributed by atoms with Crippen LogP contribution in [0.4, 0.5) is 0 Å². The Labute approximate surface area is 105 Å². The van der Waals surface area contributed by atoms with Crippen LogP contribution in [0, 0.1) is 0 Å². The van der Waals surface area contributed by atoms with Crippen molar-refractivity contribution in [3.8, 4) is 0 Å². The van der Waals surface area contributed by atoms with Crippen molar-refractivity contribution < 1.29 is 9.90 Å². The van der Waals surface area contributed by atoms with Crippen LogP contribution < -0.4 is 0 Å². The highest BCUT2D eigenvalue weighted by Crippen LogP contribution is 2.26. The van der Waals surface area contributed by atoms with Crippen LogP contribution in [0.1, 0.15) is 24.0 Å². The number of carboxylic acid groups (broad SMARTS) is 1. The lowest BCUT2D eigenvalue weighted by Gasteiger charge is -2.06.